The molecular weight excluding hydrogens is 434 g/mol. The Morgan fingerprint density at radius 3 is 2.62 bits per heavy atom. The number of aryl methyl sites for hydroxylation is 2. The van der Waals surface area contributed by atoms with Crippen LogP contribution in [0, 0.1) is 0 Å². The van der Waals surface area contributed by atoms with Gasteiger partial charge < -0.3 is 4.74 Å². The lowest BCUT2D eigenvalue weighted by molar-refractivity contribution is 0.303. The second kappa shape index (κ2) is 8.83. The van der Waals surface area contributed by atoms with Crippen LogP contribution in [-0.2, 0) is 19.4 Å². The van der Waals surface area contributed by atoms with Crippen molar-refractivity contribution in [3.8, 4) is 5.75 Å². The van der Waals surface area contributed by atoms with Crippen LogP contribution in [0.1, 0.15) is 17.0 Å². The summed E-state index contributed by atoms with van der Waals surface area (Å²) in [6.07, 6.45) is 2.84. The van der Waals surface area contributed by atoms with E-state index in [1.165, 1.54) is 15.6 Å². The Morgan fingerprint density at radius 2 is 1.79 bits per heavy atom. The van der Waals surface area contributed by atoms with E-state index in [9.17, 15) is 4.79 Å². The van der Waals surface area contributed by atoms with Crippen LogP contribution in [0.5, 0.6) is 5.75 Å². The molecule has 0 bridgehead atoms. The molecule has 8 heteroatoms. The van der Waals surface area contributed by atoms with Crippen LogP contribution in [-0.4, -0.2) is 25.0 Å². The molecule has 2 aromatic heterocycles. The highest BCUT2D eigenvalue weighted by Gasteiger charge is 2.10. The monoisotopic (exact) mass is 451 g/mol. The molecule has 0 aliphatic rings. The summed E-state index contributed by atoms with van der Waals surface area (Å²) in [5.74, 6) is 1.37. The van der Waals surface area contributed by atoms with Gasteiger partial charge in [0.25, 0.3) is 5.56 Å². The van der Waals surface area contributed by atoms with Crippen LogP contribution in [0.4, 0.5) is 0 Å². The summed E-state index contributed by atoms with van der Waals surface area (Å²) in [7, 11) is 0. The molecule has 146 valence electrons. The van der Waals surface area contributed by atoms with E-state index in [2.05, 4.69) is 31.3 Å². The topological polar surface area (TPSA) is 74.8 Å². The highest BCUT2D eigenvalue weighted by Crippen LogP contribution is 2.25. The molecule has 0 fully saturated rings. The lowest BCUT2D eigenvalue weighted by atomic mass is 10.1. The van der Waals surface area contributed by atoms with E-state index in [4.69, 9.17) is 4.74 Å². The minimum absolute atomic E-state index is 0.222. The molecule has 2 heterocycles. The van der Waals surface area contributed by atoms with E-state index in [-0.39, 0.29) is 5.56 Å². The van der Waals surface area contributed by atoms with Crippen molar-refractivity contribution in [1.29, 1.82) is 0 Å². The molecule has 0 saturated carbocycles. The maximum absolute atomic E-state index is 11.9. The van der Waals surface area contributed by atoms with Crippen molar-refractivity contribution >= 4 is 15.9 Å². The molecule has 0 N–H and O–H groups in total. The van der Waals surface area contributed by atoms with Gasteiger partial charge in [-0.05, 0) is 47.0 Å². The normalized spacial score (nSPS) is 10.8. The summed E-state index contributed by atoms with van der Waals surface area (Å²) in [4.78, 5) is 13.1. The Morgan fingerprint density at radius 1 is 0.966 bits per heavy atom. The van der Waals surface area contributed by atoms with Gasteiger partial charge in [-0.2, -0.15) is 4.68 Å². The number of rotatable bonds is 7. The number of ether oxygens (including phenoxy) is 1. The van der Waals surface area contributed by atoms with E-state index < -0.39 is 0 Å². The molecular formula is C21H18BrN5O2. The van der Waals surface area contributed by atoms with Crippen molar-refractivity contribution in [3.63, 3.8) is 0 Å². The fourth-order valence-electron chi connectivity index (χ4n) is 2.86. The SMILES string of the molecule is O=c1ccccn1-n1nnc(CCc2cc(Br)ccc2OCc2ccccc2)n1. The number of nitrogens with zero attached hydrogens (tertiary/aromatic N) is 5. The zero-order chi connectivity index (χ0) is 20.1. The Hall–Kier alpha value is -3.26. The second-order valence-electron chi connectivity index (χ2n) is 6.38. The minimum Gasteiger partial charge on any atom is -0.489 e. The number of halogens is 1. The molecule has 2 aromatic carbocycles. The number of pyridine rings is 1. The molecule has 0 aliphatic heterocycles. The summed E-state index contributed by atoms with van der Waals surface area (Å²) in [6.45, 7) is 0.501. The van der Waals surface area contributed by atoms with Crippen LogP contribution in [0.15, 0.2) is 82.2 Å². The lowest BCUT2D eigenvalue weighted by Gasteiger charge is -2.12. The van der Waals surface area contributed by atoms with Crippen molar-refractivity contribution < 1.29 is 4.74 Å². The van der Waals surface area contributed by atoms with Gasteiger partial charge in [0, 0.05) is 23.2 Å². The third kappa shape index (κ3) is 4.78. The maximum Gasteiger partial charge on any atom is 0.272 e. The number of benzene rings is 2. The van der Waals surface area contributed by atoms with Gasteiger partial charge in [0.15, 0.2) is 5.82 Å². The first-order chi connectivity index (χ1) is 14.2. The first kappa shape index (κ1) is 19.1. The second-order valence-corrected chi connectivity index (χ2v) is 7.30. The predicted octanol–water partition coefficient (Wildman–Crippen LogP) is 3.27. The molecule has 0 atom stereocenters. The standard InChI is InChI=1S/C21H18BrN5O2/c22-18-10-11-19(29-15-16-6-2-1-3-7-16)17(14-18)9-12-20-23-25-27(24-20)26-13-5-4-8-21(26)28/h1-8,10-11,13-14H,9,12,15H2. The number of aromatic nitrogens is 5. The van der Waals surface area contributed by atoms with Gasteiger partial charge in [-0.1, -0.05) is 57.2 Å². The predicted molar refractivity (Wildman–Crippen MR) is 112 cm³/mol. The molecule has 0 amide bonds. The fourth-order valence-corrected chi connectivity index (χ4v) is 3.27. The van der Waals surface area contributed by atoms with Crippen LogP contribution < -0.4 is 10.3 Å². The highest BCUT2D eigenvalue weighted by molar-refractivity contribution is 9.10. The van der Waals surface area contributed by atoms with Crippen molar-refractivity contribution in [2.24, 2.45) is 0 Å². The summed E-state index contributed by atoms with van der Waals surface area (Å²) in [6, 6.07) is 20.8. The van der Waals surface area contributed by atoms with Crippen molar-refractivity contribution in [2.45, 2.75) is 19.4 Å². The van der Waals surface area contributed by atoms with Gasteiger partial charge in [0.05, 0.1) is 0 Å². The van der Waals surface area contributed by atoms with Crippen LogP contribution in [0.3, 0.4) is 0 Å². The van der Waals surface area contributed by atoms with Gasteiger partial charge in [-0.3, -0.25) is 4.79 Å². The molecule has 0 spiro atoms. The van der Waals surface area contributed by atoms with Crippen molar-refractivity contribution in [3.05, 3.63) is 105 Å². The smallest absolute Gasteiger partial charge is 0.272 e. The zero-order valence-electron chi connectivity index (χ0n) is 15.5. The number of hydrogen-bond acceptors (Lipinski definition) is 5. The average molecular weight is 452 g/mol. The third-order valence-corrected chi connectivity index (χ3v) is 4.81. The molecule has 7 nitrogen and oxygen atoms in total. The quantitative estimate of drug-likeness (QED) is 0.430. The third-order valence-electron chi connectivity index (χ3n) is 4.32. The highest BCUT2D eigenvalue weighted by atomic mass is 79.9. The Labute approximate surface area is 175 Å². The Kier molecular flexibility index (Phi) is 5.81. The average Bonchev–Trinajstić information content (AvgIpc) is 3.21. The van der Waals surface area contributed by atoms with Gasteiger partial charge in [-0.15, -0.1) is 10.2 Å². The van der Waals surface area contributed by atoms with Gasteiger partial charge in [0.2, 0.25) is 0 Å². The van der Waals surface area contributed by atoms with Gasteiger partial charge in [0.1, 0.15) is 12.4 Å². The molecule has 4 rings (SSSR count). The van der Waals surface area contributed by atoms with E-state index in [1.807, 2.05) is 48.5 Å². The lowest BCUT2D eigenvalue weighted by Crippen LogP contribution is -2.26. The van der Waals surface area contributed by atoms with Gasteiger partial charge in [-0.25, -0.2) is 0 Å². The summed E-state index contributed by atoms with van der Waals surface area (Å²) >= 11 is 3.52. The molecule has 0 saturated heterocycles. The van der Waals surface area contributed by atoms with Crippen LogP contribution >= 0.6 is 15.9 Å². The first-order valence-electron chi connectivity index (χ1n) is 9.11. The molecule has 0 radical (unpaired) electrons. The Bertz CT molecular complexity index is 1160. The van der Waals surface area contributed by atoms with E-state index >= 15 is 0 Å². The number of hydrogen-bond donors (Lipinski definition) is 0. The Balaban J connectivity index is 1.46. The molecule has 0 aliphatic carbocycles. The summed E-state index contributed by atoms with van der Waals surface area (Å²) < 4.78 is 8.30. The minimum atomic E-state index is -0.222. The van der Waals surface area contributed by atoms with E-state index in [0.717, 1.165) is 21.3 Å². The largest absolute Gasteiger partial charge is 0.489 e. The zero-order valence-corrected chi connectivity index (χ0v) is 17.1. The number of tetrazole rings is 1. The van der Waals surface area contributed by atoms with E-state index in [1.54, 1.807) is 18.3 Å². The fraction of sp³-hybridized carbons (Fsp3) is 0.143. The first-order valence-corrected chi connectivity index (χ1v) is 9.91. The van der Waals surface area contributed by atoms with Gasteiger partial charge >= 0.3 is 0 Å². The maximum atomic E-state index is 11.9. The summed E-state index contributed by atoms with van der Waals surface area (Å²) in [5, 5.41) is 12.3. The van der Waals surface area contributed by atoms with Crippen molar-refractivity contribution in [2.75, 3.05) is 0 Å². The molecule has 29 heavy (non-hydrogen) atoms. The molecule has 0 unspecified atom stereocenters. The van der Waals surface area contributed by atoms with Crippen LogP contribution in [0.2, 0.25) is 0 Å². The summed E-state index contributed by atoms with van der Waals surface area (Å²) in [5.41, 5.74) is 1.93. The van der Waals surface area contributed by atoms with Crippen molar-refractivity contribution in [1.82, 2.24) is 25.0 Å². The molecule has 4 aromatic rings. The van der Waals surface area contributed by atoms with Crippen LogP contribution in [0.25, 0.3) is 0 Å². The van der Waals surface area contributed by atoms with E-state index in [0.29, 0.717) is 25.3 Å².